The van der Waals surface area contributed by atoms with Gasteiger partial charge in [-0.15, -0.1) is 0 Å². The third-order valence-corrected chi connectivity index (χ3v) is 7.86. The highest BCUT2D eigenvalue weighted by Crippen LogP contribution is 2.38. The Kier molecular flexibility index (Phi) is 11.7. The van der Waals surface area contributed by atoms with Crippen LogP contribution in [-0.2, 0) is 9.47 Å². The summed E-state index contributed by atoms with van der Waals surface area (Å²) in [6, 6.07) is 13.7. The van der Waals surface area contributed by atoms with Gasteiger partial charge < -0.3 is 39.2 Å². The average Bonchev–Trinajstić information content (AvgIpc) is 3.08. The molecular weight excluding hydrogens is 648 g/mol. The minimum absolute atomic E-state index is 0.235. The molecule has 252 valence electrons. The molecule has 2 N–H and O–H groups in total. The van der Waals surface area contributed by atoms with Crippen LogP contribution in [0.1, 0.15) is 18.4 Å². The molecule has 3 aromatic carbocycles. The van der Waals surface area contributed by atoms with Crippen molar-refractivity contribution in [3.05, 3.63) is 76.9 Å². The Balaban J connectivity index is 1.27. The number of aromatic nitrogens is 1. The van der Waals surface area contributed by atoms with Gasteiger partial charge in [0.2, 0.25) is 0 Å². The maximum atomic E-state index is 14.0. The lowest BCUT2D eigenvalue weighted by Crippen LogP contribution is -2.44. The van der Waals surface area contributed by atoms with E-state index in [2.05, 4.69) is 21.7 Å². The molecule has 0 radical (unpaired) electrons. The van der Waals surface area contributed by atoms with Crippen LogP contribution < -0.4 is 24.8 Å². The summed E-state index contributed by atoms with van der Waals surface area (Å²) in [5.74, 6) is -0.298. The van der Waals surface area contributed by atoms with Crippen LogP contribution in [0.15, 0.2) is 54.7 Å². The fraction of sp³-hybridized carbons (Fsp3) is 0.324. The van der Waals surface area contributed by atoms with Gasteiger partial charge in [-0.25, -0.2) is 13.6 Å². The van der Waals surface area contributed by atoms with E-state index in [1.165, 1.54) is 17.2 Å². The number of hydrogen-bond acceptors (Lipinski definition) is 9. The van der Waals surface area contributed by atoms with Crippen molar-refractivity contribution >= 4 is 45.6 Å². The highest BCUT2D eigenvalue weighted by Gasteiger charge is 2.26. The Morgan fingerprint density at radius 2 is 1.62 bits per heavy atom. The lowest BCUT2D eigenvalue weighted by molar-refractivity contribution is 0.115. The number of urea groups is 1. The molecule has 0 saturated carbocycles. The highest BCUT2D eigenvalue weighted by atomic mass is 35.5. The fourth-order valence-corrected chi connectivity index (χ4v) is 5.32. The lowest BCUT2D eigenvalue weighted by atomic mass is 10.1. The standard InChI is InChI=1S/C34H34ClF2N5O6/c1-44-12-14-46-30-17-24-28(18-31(30)47-15-13-45-2)39-20-21(19-38)32(24)40-22-6-7-29(25(35)16-22)48-23-8-10-42(11-9-23)34(43)41-33-26(36)4-3-5-27(33)37/h3-7,16-18,20,23H,8-15H2,1-2H3,(H,39,40)(H,41,43). The number of carbonyl (C=O) groups excluding carboxylic acids is 1. The highest BCUT2D eigenvalue weighted by molar-refractivity contribution is 6.32. The number of nitriles is 1. The molecule has 0 atom stereocenters. The minimum atomic E-state index is -0.843. The summed E-state index contributed by atoms with van der Waals surface area (Å²) in [5.41, 5.74) is 1.52. The second-order valence-electron chi connectivity index (χ2n) is 10.8. The molecule has 0 bridgehead atoms. The van der Waals surface area contributed by atoms with Crippen molar-refractivity contribution < 1.29 is 37.3 Å². The van der Waals surface area contributed by atoms with Gasteiger partial charge >= 0.3 is 6.03 Å². The average molecular weight is 682 g/mol. The summed E-state index contributed by atoms with van der Waals surface area (Å²) in [7, 11) is 3.17. The minimum Gasteiger partial charge on any atom is -0.489 e. The van der Waals surface area contributed by atoms with Crippen molar-refractivity contribution in [2.24, 2.45) is 0 Å². The number of piperidine rings is 1. The van der Waals surface area contributed by atoms with E-state index < -0.39 is 23.4 Å². The Labute approximate surface area is 281 Å². The maximum absolute atomic E-state index is 14.0. The summed E-state index contributed by atoms with van der Waals surface area (Å²) >= 11 is 6.64. The third kappa shape index (κ3) is 8.32. The first kappa shape index (κ1) is 34.4. The zero-order chi connectivity index (χ0) is 34.0. The largest absolute Gasteiger partial charge is 0.489 e. The van der Waals surface area contributed by atoms with Crippen LogP contribution >= 0.6 is 11.6 Å². The van der Waals surface area contributed by atoms with E-state index in [0.717, 1.165) is 12.1 Å². The van der Waals surface area contributed by atoms with E-state index in [9.17, 15) is 18.8 Å². The first-order valence-corrected chi connectivity index (χ1v) is 15.5. The molecule has 48 heavy (non-hydrogen) atoms. The number of nitrogens with one attached hydrogen (secondary N) is 2. The van der Waals surface area contributed by atoms with E-state index in [1.807, 2.05) is 0 Å². The summed E-state index contributed by atoms with van der Waals surface area (Å²) in [5, 5.41) is 16.5. The molecule has 0 spiro atoms. The number of benzene rings is 3. The molecule has 11 nitrogen and oxygen atoms in total. The molecule has 2 heterocycles. The zero-order valence-corrected chi connectivity index (χ0v) is 27.1. The van der Waals surface area contributed by atoms with E-state index >= 15 is 0 Å². The van der Waals surface area contributed by atoms with Crippen molar-refractivity contribution in [1.29, 1.82) is 5.26 Å². The Morgan fingerprint density at radius 1 is 0.958 bits per heavy atom. The van der Waals surface area contributed by atoms with Gasteiger partial charge in [0.1, 0.15) is 48.5 Å². The fourth-order valence-electron chi connectivity index (χ4n) is 5.09. The number of anilines is 3. The van der Waals surface area contributed by atoms with E-state index in [-0.39, 0.29) is 12.7 Å². The van der Waals surface area contributed by atoms with Crippen LogP contribution in [0.3, 0.4) is 0 Å². The van der Waals surface area contributed by atoms with E-state index in [1.54, 1.807) is 44.6 Å². The number of rotatable bonds is 13. The van der Waals surface area contributed by atoms with Crippen LogP contribution in [0.5, 0.6) is 17.2 Å². The molecule has 1 aromatic heterocycles. The van der Waals surface area contributed by atoms with Crippen LogP contribution in [0.2, 0.25) is 5.02 Å². The number of ether oxygens (including phenoxy) is 5. The Bertz CT molecular complexity index is 1780. The van der Waals surface area contributed by atoms with Gasteiger partial charge in [0.05, 0.1) is 35.0 Å². The van der Waals surface area contributed by atoms with Crippen molar-refractivity contribution in [2.75, 3.05) is 64.4 Å². The number of para-hydroxylation sites is 1. The first-order valence-electron chi connectivity index (χ1n) is 15.1. The Morgan fingerprint density at radius 3 is 2.25 bits per heavy atom. The number of likely N-dealkylation sites (tertiary alicyclic amines) is 1. The van der Waals surface area contributed by atoms with Gasteiger partial charge in [0, 0.05) is 63.5 Å². The molecule has 2 amide bonds. The second kappa shape index (κ2) is 16.3. The lowest BCUT2D eigenvalue weighted by Gasteiger charge is -2.32. The second-order valence-corrected chi connectivity index (χ2v) is 11.2. The molecule has 1 saturated heterocycles. The smallest absolute Gasteiger partial charge is 0.322 e. The maximum Gasteiger partial charge on any atom is 0.322 e. The number of fused-ring (bicyclic) bond motifs is 1. The Hall–Kier alpha value is -4.90. The van der Waals surface area contributed by atoms with Crippen molar-refractivity contribution in [3.63, 3.8) is 0 Å². The van der Waals surface area contributed by atoms with Gasteiger partial charge in [-0.1, -0.05) is 17.7 Å². The van der Waals surface area contributed by atoms with Gasteiger partial charge in [-0.3, -0.25) is 4.98 Å². The topological polar surface area (TPSA) is 127 Å². The van der Waals surface area contributed by atoms with E-state index in [0.29, 0.717) is 95.9 Å². The van der Waals surface area contributed by atoms with Crippen molar-refractivity contribution in [2.45, 2.75) is 18.9 Å². The number of nitrogens with zero attached hydrogens (tertiary/aromatic N) is 3. The zero-order valence-electron chi connectivity index (χ0n) is 26.4. The van der Waals surface area contributed by atoms with Crippen LogP contribution in [0.4, 0.5) is 30.6 Å². The van der Waals surface area contributed by atoms with Crippen molar-refractivity contribution in [3.8, 4) is 23.3 Å². The van der Waals surface area contributed by atoms with Crippen LogP contribution in [0.25, 0.3) is 10.9 Å². The SMILES string of the molecule is COCCOc1cc2ncc(C#N)c(Nc3ccc(OC4CCN(C(=O)Nc5c(F)cccc5F)CC4)c(Cl)c3)c2cc1OCCOC. The number of carbonyl (C=O) groups is 1. The molecule has 0 aliphatic carbocycles. The monoisotopic (exact) mass is 681 g/mol. The van der Waals surface area contributed by atoms with Crippen LogP contribution in [-0.4, -0.2) is 75.8 Å². The van der Waals surface area contributed by atoms with E-state index in [4.69, 9.17) is 35.3 Å². The number of amides is 2. The number of methoxy groups -OCH3 is 2. The summed E-state index contributed by atoms with van der Waals surface area (Å²) in [6.07, 6.45) is 2.23. The molecule has 1 fully saturated rings. The van der Waals surface area contributed by atoms with Gasteiger partial charge in [0.15, 0.2) is 11.5 Å². The number of halogens is 3. The van der Waals surface area contributed by atoms with Gasteiger partial charge in [0.25, 0.3) is 0 Å². The number of hydrogen-bond donors (Lipinski definition) is 2. The quantitative estimate of drug-likeness (QED) is 0.145. The molecule has 5 rings (SSSR count). The molecular formula is C34H34ClF2N5O6. The molecule has 4 aromatic rings. The van der Waals surface area contributed by atoms with Crippen LogP contribution in [0, 0.1) is 23.0 Å². The van der Waals surface area contributed by atoms with Crippen molar-refractivity contribution in [1.82, 2.24) is 9.88 Å². The first-order chi connectivity index (χ1) is 23.3. The van der Waals surface area contributed by atoms with Gasteiger partial charge in [-0.05, 0) is 36.4 Å². The summed E-state index contributed by atoms with van der Waals surface area (Å²) in [6.45, 7) is 2.00. The molecule has 1 aliphatic rings. The number of pyridine rings is 1. The molecule has 1 aliphatic heterocycles. The summed E-state index contributed by atoms with van der Waals surface area (Å²) < 4.78 is 56.1. The molecule has 0 unspecified atom stereocenters. The predicted octanol–water partition coefficient (Wildman–Crippen LogP) is 6.91. The normalized spacial score (nSPS) is 13.2. The molecule has 14 heteroatoms. The third-order valence-electron chi connectivity index (χ3n) is 7.56. The van der Waals surface area contributed by atoms with Gasteiger partial charge in [-0.2, -0.15) is 5.26 Å². The predicted molar refractivity (Wildman–Crippen MR) is 177 cm³/mol. The summed E-state index contributed by atoms with van der Waals surface area (Å²) in [4.78, 5) is 18.6.